The average molecular weight is 225 g/mol. The van der Waals surface area contributed by atoms with Crippen molar-refractivity contribution in [3.05, 3.63) is 35.4 Å². The van der Waals surface area contributed by atoms with Gasteiger partial charge < -0.3 is 4.74 Å². The molecule has 0 bridgehead atoms. The zero-order chi connectivity index (χ0) is 10.8. The molecule has 0 amide bonds. The molecule has 2 nitrogen and oxygen atoms in total. The van der Waals surface area contributed by atoms with Gasteiger partial charge in [0.2, 0.25) is 0 Å². The lowest BCUT2D eigenvalue weighted by Gasteiger charge is -2.08. The Morgan fingerprint density at radius 3 is 2.47 bits per heavy atom. The second-order valence-corrected chi connectivity index (χ2v) is 4.26. The summed E-state index contributed by atoms with van der Waals surface area (Å²) in [5, 5.41) is -0.691. The van der Waals surface area contributed by atoms with Crippen molar-refractivity contribution in [2.45, 2.75) is 24.1 Å². The minimum atomic E-state index is -0.691. The van der Waals surface area contributed by atoms with Crippen LogP contribution in [0.15, 0.2) is 24.3 Å². The van der Waals surface area contributed by atoms with Crippen molar-refractivity contribution in [2.24, 2.45) is 0 Å². The average Bonchev–Trinajstić information content (AvgIpc) is 3.11. The van der Waals surface area contributed by atoms with E-state index in [0.29, 0.717) is 0 Å². The normalized spacial score (nSPS) is 17.2. The molecule has 1 aliphatic rings. The predicted molar refractivity (Wildman–Crippen MR) is 59.0 cm³/mol. The van der Waals surface area contributed by atoms with E-state index < -0.39 is 11.3 Å². The molecule has 0 heterocycles. The van der Waals surface area contributed by atoms with Gasteiger partial charge in [-0.25, -0.2) is 0 Å². The molecule has 0 aromatic heterocycles. The summed E-state index contributed by atoms with van der Waals surface area (Å²) >= 11 is 5.93. The first kappa shape index (κ1) is 10.5. The number of ether oxygens (including phenoxy) is 1. The number of methoxy groups -OCH3 is 1. The fraction of sp³-hybridized carbons (Fsp3) is 0.417. The zero-order valence-electron chi connectivity index (χ0n) is 8.57. The summed E-state index contributed by atoms with van der Waals surface area (Å²) in [4.78, 5) is 11.2. The fourth-order valence-electron chi connectivity index (χ4n) is 1.59. The smallest absolute Gasteiger partial charge is 0.328 e. The maximum Gasteiger partial charge on any atom is 0.328 e. The molecule has 0 aliphatic heterocycles. The van der Waals surface area contributed by atoms with Crippen molar-refractivity contribution in [3.63, 3.8) is 0 Å². The van der Waals surface area contributed by atoms with E-state index in [1.807, 2.05) is 24.3 Å². The van der Waals surface area contributed by atoms with Crippen LogP contribution < -0.4 is 0 Å². The van der Waals surface area contributed by atoms with Gasteiger partial charge in [-0.05, 0) is 29.9 Å². The summed E-state index contributed by atoms with van der Waals surface area (Å²) in [6.07, 6.45) is 2.56. The summed E-state index contributed by atoms with van der Waals surface area (Å²) < 4.78 is 4.59. The summed E-state index contributed by atoms with van der Waals surface area (Å²) in [5.41, 5.74) is 2.14. The maximum atomic E-state index is 11.2. The van der Waals surface area contributed by atoms with Crippen LogP contribution in [0.5, 0.6) is 0 Å². The Hall–Kier alpha value is -1.02. The van der Waals surface area contributed by atoms with Crippen LogP contribution in [0.25, 0.3) is 0 Å². The standard InChI is InChI=1S/C12H13ClO2/c1-15-12(14)11(13)10-6-4-9(5-7-10)8-2-3-8/h4-8,11H,2-3H2,1H3. The van der Waals surface area contributed by atoms with Crippen molar-refractivity contribution in [1.29, 1.82) is 0 Å². The van der Waals surface area contributed by atoms with Crippen LogP contribution in [0.3, 0.4) is 0 Å². The van der Waals surface area contributed by atoms with Crippen molar-refractivity contribution in [2.75, 3.05) is 7.11 Å². The van der Waals surface area contributed by atoms with Gasteiger partial charge in [-0.15, -0.1) is 11.6 Å². The van der Waals surface area contributed by atoms with E-state index >= 15 is 0 Å². The number of hydrogen-bond donors (Lipinski definition) is 0. The number of rotatable bonds is 3. The van der Waals surface area contributed by atoms with E-state index in [1.165, 1.54) is 25.5 Å². The van der Waals surface area contributed by atoms with Crippen LogP contribution in [-0.4, -0.2) is 13.1 Å². The van der Waals surface area contributed by atoms with Crippen LogP contribution in [0.1, 0.15) is 35.3 Å². The Morgan fingerprint density at radius 1 is 1.40 bits per heavy atom. The summed E-state index contributed by atoms with van der Waals surface area (Å²) in [6.45, 7) is 0. The van der Waals surface area contributed by atoms with Gasteiger partial charge in [0.15, 0.2) is 5.38 Å². The van der Waals surface area contributed by atoms with Crippen molar-refractivity contribution < 1.29 is 9.53 Å². The molecule has 1 aromatic carbocycles. The van der Waals surface area contributed by atoms with Crippen molar-refractivity contribution in [3.8, 4) is 0 Å². The second-order valence-electron chi connectivity index (χ2n) is 3.83. The Bertz CT molecular complexity index is 354. The second kappa shape index (κ2) is 4.23. The third-order valence-corrected chi connectivity index (χ3v) is 3.12. The largest absolute Gasteiger partial charge is 0.468 e. The van der Waals surface area contributed by atoms with Crippen LogP contribution in [0.2, 0.25) is 0 Å². The molecule has 1 aliphatic carbocycles. The predicted octanol–water partition coefficient (Wildman–Crippen LogP) is 3.02. The first-order valence-corrected chi connectivity index (χ1v) is 5.48. The molecule has 2 rings (SSSR count). The number of hydrogen-bond acceptors (Lipinski definition) is 2. The molecule has 1 unspecified atom stereocenters. The molecule has 0 spiro atoms. The maximum absolute atomic E-state index is 11.2. The zero-order valence-corrected chi connectivity index (χ0v) is 9.33. The molecule has 1 saturated carbocycles. The SMILES string of the molecule is COC(=O)C(Cl)c1ccc(C2CC2)cc1. The lowest BCUT2D eigenvalue weighted by atomic mass is 10.1. The van der Waals surface area contributed by atoms with Crippen molar-refractivity contribution >= 4 is 17.6 Å². The van der Waals surface area contributed by atoms with Gasteiger partial charge in [0, 0.05) is 0 Å². The number of halogens is 1. The van der Waals surface area contributed by atoms with Gasteiger partial charge >= 0.3 is 5.97 Å². The highest BCUT2D eigenvalue weighted by atomic mass is 35.5. The summed E-state index contributed by atoms with van der Waals surface area (Å²) in [5.74, 6) is 0.321. The molecule has 1 atom stereocenters. The number of alkyl halides is 1. The molecule has 0 radical (unpaired) electrons. The number of benzene rings is 1. The third kappa shape index (κ3) is 2.32. The van der Waals surface area contributed by atoms with E-state index in [2.05, 4.69) is 4.74 Å². The summed E-state index contributed by atoms with van der Waals surface area (Å²) in [7, 11) is 1.34. The van der Waals surface area contributed by atoms with Crippen LogP contribution in [0, 0.1) is 0 Å². The van der Waals surface area contributed by atoms with Crippen LogP contribution >= 0.6 is 11.6 Å². The van der Waals surface area contributed by atoms with Gasteiger partial charge in [0.25, 0.3) is 0 Å². The minimum absolute atomic E-state index is 0.407. The van der Waals surface area contributed by atoms with E-state index in [9.17, 15) is 4.79 Å². The fourth-order valence-corrected chi connectivity index (χ4v) is 1.83. The Kier molecular flexibility index (Phi) is 2.96. The molecular formula is C12H13ClO2. The van der Waals surface area contributed by atoms with Gasteiger partial charge in [-0.2, -0.15) is 0 Å². The van der Waals surface area contributed by atoms with Gasteiger partial charge in [0.05, 0.1) is 7.11 Å². The summed E-state index contributed by atoms with van der Waals surface area (Å²) in [6, 6.07) is 7.90. The molecule has 3 heteroatoms. The Labute approximate surface area is 94.2 Å². The lowest BCUT2D eigenvalue weighted by molar-refractivity contribution is -0.140. The lowest BCUT2D eigenvalue weighted by Crippen LogP contribution is -2.08. The molecule has 15 heavy (non-hydrogen) atoms. The number of esters is 1. The topological polar surface area (TPSA) is 26.3 Å². The molecule has 0 saturated heterocycles. The third-order valence-electron chi connectivity index (χ3n) is 2.69. The van der Waals surface area contributed by atoms with E-state index in [4.69, 9.17) is 11.6 Å². The molecule has 1 fully saturated rings. The number of carbonyl (C=O) groups is 1. The Morgan fingerprint density at radius 2 is 2.00 bits per heavy atom. The van der Waals surface area contributed by atoms with Crippen LogP contribution in [0.4, 0.5) is 0 Å². The molecule has 1 aromatic rings. The molecular weight excluding hydrogens is 212 g/mol. The first-order valence-electron chi connectivity index (χ1n) is 5.04. The highest BCUT2D eigenvalue weighted by Crippen LogP contribution is 2.40. The van der Waals surface area contributed by atoms with Gasteiger partial charge in [-0.1, -0.05) is 24.3 Å². The Balaban J connectivity index is 2.11. The minimum Gasteiger partial charge on any atom is -0.468 e. The van der Waals surface area contributed by atoms with E-state index in [1.54, 1.807) is 0 Å². The first-order chi connectivity index (χ1) is 7.22. The highest BCUT2D eigenvalue weighted by molar-refractivity contribution is 6.29. The van der Waals surface area contributed by atoms with Crippen molar-refractivity contribution in [1.82, 2.24) is 0 Å². The molecule has 80 valence electrons. The quantitative estimate of drug-likeness (QED) is 0.583. The van der Waals surface area contributed by atoms with Gasteiger partial charge in [-0.3, -0.25) is 4.79 Å². The molecule has 0 N–H and O–H groups in total. The van der Waals surface area contributed by atoms with Crippen LogP contribution in [-0.2, 0) is 9.53 Å². The monoisotopic (exact) mass is 224 g/mol. The van der Waals surface area contributed by atoms with E-state index in [-0.39, 0.29) is 0 Å². The highest BCUT2D eigenvalue weighted by Gasteiger charge is 2.24. The number of carbonyl (C=O) groups excluding carboxylic acids is 1. The van der Waals surface area contributed by atoms with Gasteiger partial charge in [0.1, 0.15) is 0 Å². The van der Waals surface area contributed by atoms with E-state index in [0.717, 1.165) is 11.5 Å².